The number of rotatable bonds is 8. The van der Waals surface area contributed by atoms with Gasteiger partial charge in [-0.15, -0.1) is 0 Å². The smallest absolute Gasteiger partial charge is 0.0368 e. The Morgan fingerprint density at radius 3 is 2.53 bits per heavy atom. The van der Waals surface area contributed by atoms with Gasteiger partial charge in [0.05, 0.1) is 0 Å². The average Bonchev–Trinajstić information content (AvgIpc) is 2.92. The largest absolute Gasteiger partial charge is 0.369 e. The van der Waals surface area contributed by atoms with E-state index in [4.69, 9.17) is 0 Å². The third-order valence-corrected chi connectivity index (χ3v) is 4.36. The number of nitrogens with zero attached hydrogens (tertiary/aromatic N) is 1. The van der Waals surface area contributed by atoms with Crippen LogP contribution in [0.3, 0.4) is 0 Å². The molecule has 0 amide bonds. The van der Waals surface area contributed by atoms with Gasteiger partial charge in [-0.25, -0.2) is 0 Å². The van der Waals surface area contributed by atoms with Crippen LogP contribution >= 0.6 is 0 Å². The summed E-state index contributed by atoms with van der Waals surface area (Å²) in [6, 6.07) is 11.8. The molecular weight excluding hydrogens is 230 g/mol. The van der Waals surface area contributed by atoms with Crippen LogP contribution in [-0.4, -0.2) is 12.6 Å². The Hall–Kier alpha value is -0.980. The number of hydrogen-bond donors (Lipinski definition) is 0. The summed E-state index contributed by atoms with van der Waals surface area (Å²) in [6.45, 7) is 3.54. The molecule has 1 heteroatoms. The van der Waals surface area contributed by atoms with Gasteiger partial charge in [0.1, 0.15) is 0 Å². The average molecular weight is 259 g/mol. The topological polar surface area (TPSA) is 3.24 Å². The fraction of sp³-hybridized carbons (Fsp3) is 0.667. The summed E-state index contributed by atoms with van der Waals surface area (Å²) < 4.78 is 0. The summed E-state index contributed by atoms with van der Waals surface area (Å²) in [6.07, 6.45) is 12.6. The van der Waals surface area contributed by atoms with Crippen molar-refractivity contribution in [1.29, 1.82) is 0 Å². The van der Waals surface area contributed by atoms with Gasteiger partial charge in [-0.3, -0.25) is 0 Å². The molecule has 1 aromatic rings. The zero-order valence-corrected chi connectivity index (χ0v) is 12.5. The summed E-state index contributed by atoms with van der Waals surface area (Å²) in [5.41, 5.74) is 1.43. The summed E-state index contributed by atoms with van der Waals surface area (Å²) in [4.78, 5) is 2.63. The van der Waals surface area contributed by atoms with Crippen molar-refractivity contribution in [3.8, 4) is 0 Å². The molecule has 1 aliphatic rings. The number of benzene rings is 1. The molecule has 1 aromatic carbocycles. The Morgan fingerprint density at radius 2 is 1.74 bits per heavy atom. The number of anilines is 1. The van der Waals surface area contributed by atoms with Crippen molar-refractivity contribution in [1.82, 2.24) is 0 Å². The Labute approximate surface area is 119 Å². The van der Waals surface area contributed by atoms with Crippen molar-refractivity contribution in [3.05, 3.63) is 30.3 Å². The molecule has 0 bridgehead atoms. The van der Waals surface area contributed by atoms with Crippen LogP contribution in [-0.2, 0) is 0 Å². The number of hydrogen-bond acceptors (Lipinski definition) is 1. The van der Waals surface area contributed by atoms with Gasteiger partial charge < -0.3 is 4.90 Å². The second-order valence-electron chi connectivity index (χ2n) is 5.88. The van der Waals surface area contributed by atoms with E-state index in [-0.39, 0.29) is 0 Å². The van der Waals surface area contributed by atoms with Crippen LogP contribution in [0.15, 0.2) is 30.3 Å². The van der Waals surface area contributed by atoms with Crippen LogP contribution in [0.1, 0.15) is 64.7 Å². The summed E-state index contributed by atoms with van der Waals surface area (Å²) >= 11 is 0. The molecule has 19 heavy (non-hydrogen) atoms. The zero-order chi connectivity index (χ0) is 13.3. The van der Waals surface area contributed by atoms with E-state index in [1.807, 2.05) is 0 Å². The van der Waals surface area contributed by atoms with Gasteiger partial charge >= 0.3 is 0 Å². The maximum absolute atomic E-state index is 2.63. The van der Waals surface area contributed by atoms with Crippen molar-refractivity contribution in [2.45, 2.75) is 70.8 Å². The molecule has 0 saturated carbocycles. The van der Waals surface area contributed by atoms with Crippen molar-refractivity contribution in [2.24, 2.45) is 0 Å². The SMILES string of the molecule is CCCCCCCCC1CCCN1c1ccccc1. The minimum absolute atomic E-state index is 0.800. The highest BCUT2D eigenvalue weighted by Gasteiger charge is 2.23. The molecule has 1 saturated heterocycles. The molecule has 1 atom stereocenters. The van der Waals surface area contributed by atoms with Gasteiger partial charge in [-0.1, -0.05) is 63.6 Å². The third kappa shape index (κ3) is 4.56. The zero-order valence-electron chi connectivity index (χ0n) is 12.5. The highest BCUT2D eigenvalue weighted by atomic mass is 15.2. The van der Waals surface area contributed by atoms with Crippen LogP contribution in [0.5, 0.6) is 0 Å². The van der Waals surface area contributed by atoms with Crippen molar-refractivity contribution in [3.63, 3.8) is 0 Å². The third-order valence-electron chi connectivity index (χ3n) is 4.36. The first-order chi connectivity index (χ1) is 9.42. The first kappa shape index (κ1) is 14.4. The number of unbranched alkanes of at least 4 members (excludes halogenated alkanes) is 5. The van der Waals surface area contributed by atoms with E-state index in [2.05, 4.69) is 42.2 Å². The molecule has 1 unspecified atom stereocenters. The van der Waals surface area contributed by atoms with Crippen LogP contribution in [0, 0.1) is 0 Å². The molecule has 0 spiro atoms. The quantitative estimate of drug-likeness (QED) is 0.564. The van der Waals surface area contributed by atoms with Gasteiger partial charge in [0.2, 0.25) is 0 Å². The second-order valence-corrected chi connectivity index (χ2v) is 5.88. The van der Waals surface area contributed by atoms with Gasteiger partial charge in [-0.2, -0.15) is 0 Å². The first-order valence-corrected chi connectivity index (χ1v) is 8.23. The molecule has 0 radical (unpaired) electrons. The van der Waals surface area contributed by atoms with E-state index in [0.717, 1.165) is 6.04 Å². The molecule has 0 aromatic heterocycles. The minimum atomic E-state index is 0.800. The Balaban J connectivity index is 1.71. The van der Waals surface area contributed by atoms with Crippen LogP contribution in [0.4, 0.5) is 5.69 Å². The van der Waals surface area contributed by atoms with E-state index in [1.54, 1.807) is 0 Å². The molecule has 1 fully saturated rings. The highest BCUT2D eigenvalue weighted by Crippen LogP contribution is 2.28. The maximum atomic E-state index is 2.63. The lowest BCUT2D eigenvalue weighted by Gasteiger charge is -2.26. The van der Waals surface area contributed by atoms with E-state index >= 15 is 0 Å². The standard InChI is InChI=1S/C18H29N/c1-2-3-4-5-6-8-12-18-15-11-16-19(18)17-13-9-7-10-14-17/h7,9-10,13-14,18H,2-6,8,11-12,15-16H2,1H3. The van der Waals surface area contributed by atoms with Crippen molar-refractivity contribution in [2.75, 3.05) is 11.4 Å². The van der Waals surface area contributed by atoms with Crippen molar-refractivity contribution < 1.29 is 0 Å². The second kappa shape index (κ2) is 8.24. The fourth-order valence-corrected chi connectivity index (χ4v) is 3.26. The molecule has 2 rings (SSSR count). The monoisotopic (exact) mass is 259 g/mol. The molecule has 1 aliphatic heterocycles. The first-order valence-electron chi connectivity index (χ1n) is 8.23. The Kier molecular flexibility index (Phi) is 6.26. The maximum Gasteiger partial charge on any atom is 0.0368 e. The molecule has 1 nitrogen and oxygen atoms in total. The van der Waals surface area contributed by atoms with E-state index < -0.39 is 0 Å². The van der Waals surface area contributed by atoms with Crippen LogP contribution < -0.4 is 4.90 Å². The van der Waals surface area contributed by atoms with Gasteiger partial charge in [0.15, 0.2) is 0 Å². The predicted molar refractivity (Wildman–Crippen MR) is 84.8 cm³/mol. The number of para-hydroxylation sites is 1. The normalized spacial score (nSPS) is 19.0. The molecule has 0 N–H and O–H groups in total. The summed E-state index contributed by atoms with van der Waals surface area (Å²) in [7, 11) is 0. The van der Waals surface area contributed by atoms with Crippen LogP contribution in [0.2, 0.25) is 0 Å². The van der Waals surface area contributed by atoms with Crippen LogP contribution in [0.25, 0.3) is 0 Å². The van der Waals surface area contributed by atoms with E-state index in [0.29, 0.717) is 0 Å². The predicted octanol–water partition coefficient (Wildman–Crippen LogP) is 5.41. The van der Waals surface area contributed by atoms with E-state index in [1.165, 1.54) is 70.0 Å². The summed E-state index contributed by atoms with van der Waals surface area (Å²) in [5, 5.41) is 0. The molecular formula is C18H29N. The minimum Gasteiger partial charge on any atom is -0.369 e. The highest BCUT2D eigenvalue weighted by molar-refractivity contribution is 5.47. The van der Waals surface area contributed by atoms with Gasteiger partial charge in [0, 0.05) is 18.3 Å². The lowest BCUT2D eigenvalue weighted by molar-refractivity contribution is 0.533. The lowest BCUT2D eigenvalue weighted by atomic mass is 10.0. The Morgan fingerprint density at radius 1 is 1.00 bits per heavy atom. The fourth-order valence-electron chi connectivity index (χ4n) is 3.26. The summed E-state index contributed by atoms with van der Waals surface area (Å²) in [5.74, 6) is 0. The molecule has 1 heterocycles. The van der Waals surface area contributed by atoms with Gasteiger partial charge in [0.25, 0.3) is 0 Å². The lowest BCUT2D eigenvalue weighted by Crippen LogP contribution is -2.28. The molecule has 106 valence electrons. The van der Waals surface area contributed by atoms with E-state index in [9.17, 15) is 0 Å². The Bertz CT molecular complexity index is 333. The van der Waals surface area contributed by atoms with Gasteiger partial charge in [-0.05, 0) is 31.4 Å². The molecule has 0 aliphatic carbocycles. The van der Waals surface area contributed by atoms with Crippen molar-refractivity contribution >= 4 is 5.69 Å².